The number of aromatic nitrogens is 2. The third kappa shape index (κ3) is 4.86. The molecule has 7 nitrogen and oxygen atoms in total. The molecule has 1 N–H and O–H groups in total. The average molecular weight is 432 g/mol. The minimum atomic E-state index is -0.507. The van der Waals surface area contributed by atoms with Crippen molar-refractivity contribution >= 4 is 23.1 Å². The zero-order valence-corrected chi connectivity index (χ0v) is 18.8. The van der Waals surface area contributed by atoms with Crippen molar-refractivity contribution < 1.29 is 9.53 Å². The molecule has 0 bridgehead atoms. The largest absolute Gasteiger partial charge is 0.444 e. The molecule has 1 aromatic heterocycles. The third-order valence-corrected chi connectivity index (χ3v) is 5.58. The number of rotatable bonds is 5. The van der Waals surface area contributed by atoms with Crippen LogP contribution in [0.1, 0.15) is 44.7 Å². The Balaban J connectivity index is 1.53. The first-order valence-electron chi connectivity index (χ1n) is 11.0. The molecule has 1 aliphatic heterocycles. The molecule has 2 aromatic carbocycles. The van der Waals surface area contributed by atoms with Crippen molar-refractivity contribution in [3.63, 3.8) is 0 Å². The predicted molar refractivity (Wildman–Crippen MR) is 124 cm³/mol. The lowest BCUT2D eigenvalue weighted by Crippen LogP contribution is -2.42. The molecule has 0 radical (unpaired) electrons. The highest BCUT2D eigenvalue weighted by Gasteiger charge is 2.32. The second-order valence-corrected chi connectivity index (χ2v) is 9.17. The smallest absolute Gasteiger partial charge is 0.410 e. The van der Waals surface area contributed by atoms with E-state index in [2.05, 4.69) is 22.0 Å². The number of para-hydroxylation sites is 2. The summed E-state index contributed by atoms with van der Waals surface area (Å²) in [5.41, 5.74) is 3.18. The van der Waals surface area contributed by atoms with Gasteiger partial charge in [-0.2, -0.15) is 5.26 Å². The minimum absolute atomic E-state index is 0.0630. The number of carbonyl (C=O) groups excluding carboxylic acids is 1. The molecular formula is C25H29N5O2. The lowest BCUT2D eigenvalue weighted by Gasteiger charge is -2.28. The van der Waals surface area contributed by atoms with E-state index in [0.29, 0.717) is 25.2 Å². The van der Waals surface area contributed by atoms with Gasteiger partial charge in [0.15, 0.2) is 0 Å². The highest BCUT2D eigenvalue weighted by atomic mass is 16.6. The number of nitriles is 1. The summed E-state index contributed by atoms with van der Waals surface area (Å²) < 4.78 is 7.73. The van der Waals surface area contributed by atoms with Gasteiger partial charge >= 0.3 is 6.09 Å². The van der Waals surface area contributed by atoms with Gasteiger partial charge in [0.2, 0.25) is 5.95 Å². The van der Waals surface area contributed by atoms with Gasteiger partial charge < -0.3 is 19.5 Å². The number of carbonyl (C=O) groups is 1. The Morgan fingerprint density at radius 3 is 2.69 bits per heavy atom. The molecule has 1 amide bonds. The molecule has 166 valence electrons. The summed E-state index contributed by atoms with van der Waals surface area (Å²) in [4.78, 5) is 19.2. The van der Waals surface area contributed by atoms with E-state index in [-0.39, 0.29) is 12.1 Å². The highest BCUT2D eigenvalue weighted by Crippen LogP contribution is 2.24. The fraction of sp³-hybridized carbons (Fsp3) is 0.400. The zero-order chi connectivity index (χ0) is 22.7. The number of likely N-dealkylation sites (tertiary alicyclic amines) is 1. The summed E-state index contributed by atoms with van der Waals surface area (Å²) in [5.74, 6) is 0.770. The van der Waals surface area contributed by atoms with Gasteiger partial charge in [0.05, 0.1) is 35.3 Å². The van der Waals surface area contributed by atoms with Crippen LogP contribution in [0, 0.1) is 11.3 Å². The topological polar surface area (TPSA) is 83.2 Å². The van der Waals surface area contributed by atoms with Crippen LogP contribution in [0.4, 0.5) is 10.7 Å². The maximum absolute atomic E-state index is 12.6. The summed E-state index contributed by atoms with van der Waals surface area (Å²) in [6.07, 6.45) is 1.64. The van der Waals surface area contributed by atoms with Crippen molar-refractivity contribution in [1.29, 1.82) is 5.26 Å². The minimum Gasteiger partial charge on any atom is -0.444 e. The predicted octanol–water partition coefficient (Wildman–Crippen LogP) is 4.77. The van der Waals surface area contributed by atoms with Crippen molar-refractivity contribution in [3.05, 3.63) is 59.7 Å². The molecule has 7 heteroatoms. The van der Waals surface area contributed by atoms with Crippen LogP contribution in [-0.4, -0.2) is 45.3 Å². The Hall–Kier alpha value is -3.53. The number of nitrogens with zero attached hydrogens (tertiary/aromatic N) is 4. The Morgan fingerprint density at radius 2 is 1.97 bits per heavy atom. The number of hydrogen-bond acceptors (Lipinski definition) is 5. The normalized spacial score (nSPS) is 16.2. The van der Waals surface area contributed by atoms with Crippen molar-refractivity contribution in [1.82, 2.24) is 14.5 Å². The fourth-order valence-corrected chi connectivity index (χ4v) is 4.06. The van der Waals surface area contributed by atoms with E-state index in [1.807, 2.05) is 68.1 Å². The second kappa shape index (κ2) is 8.91. The van der Waals surface area contributed by atoms with Gasteiger partial charge in [-0.05, 0) is 63.4 Å². The Kier molecular flexibility index (Phi) is 6.04. The molecule has 1 saturated heterocycles. The van der Waals surface area contributed by atoms with Crippen LogP contribution in [0.2, 0.25) is 0 Å². The van der Waals surface area contributed by atoms with Gasteiger partial charge in [-0.3, -0.25) is 0 Å². The fourth-order valence-electron chi connectivity index (χ4n) is 4.06. The number of amides is 1. The van der Waals surface area contributed by atoms with E-state index < -0.39 is 5.60 Å². The molecule has 0 spiro atoms. The maximum Gasteiger partial charge on any atom is 0.410 e. The van der Waals surface area contributed by atoms with Crippen LogP contribution in [-0.2, 0) is 11.3 Å². The molecular weight excluding hydrogens is 402 g/mol. The second-order valence-electron chi connectivity index (χ2n) is 9.17. The SMILES string of the molecule is CC(C)(C)OC(=O)N1CCC[C@H]1CNc1nc2ccccc2n1Cc1ccc(C#N)cc1. The van der Waals surface area contributed by atoms with Gasteiger partial charge in [-0.15, -0.1) is 0 Å². The first kappa shape index (κ1) is 21.7. The Labute approximate surface area is 188 Å². The monoisotopic (exact) mass is 431 g/mol. The van der Waals surface area contributed by atoms with Crippen LogP contribution in [0.3, 0.4) is 0 Å². The highest BCUT2D eigenvalue weighted by molar-refractivity contribution is 5.78. The number of hydrogen-bond donors (Lipinski definition) is 1. The van der Waals surface area contributed by atoms with Crippen LogP contribution < -0.4 is 5.32 Å². The maximum atomic E-state index is 12.6. The molecule has 3 aromatic rings. The van der Waals surface area contributed by atoms with E-state index >= 15 is 0 Å². The molecule has 0 unspecified atom stereocenters. The van der Waals surface area contributed by atoms with Crippen LogP contribution in [0.15, 0.2) is 48.5 Å². The third-order valence-electron chi connectivity index (χ3n) is 5.58. The van der Waals surface area contributed by atoms with Gasteiger partial charge in [-0.1, -0.05) is 24.3 Å². The van der Waals surface area contributed by atoms with Crippen molar-refractivity contribution in [2.75, 3.05) is 18.4 Å². The van der Waals surface area contributed by atoms with Crippen LogP contribution >= 0.6 is 0 Å². The number of ether oxygens (including phenoxy) is 1. The molecule has 1 fully saturated rings. The number of fused-ring (bicyclic) bond motifs is 1. The van der Waals surface area contributed by atoms with Gasteiger partial charge in [-0.25, -0.2) is 9.78 Å². The summed E-state index contributed by atoms with van der Waals surface area (Å²) in [5, 5.41) is 12.5. The summed E-state index contributed by atoms with van der Waals surface area (Å²) in [6.45, 7) is 7.62. The molecule has 2 heterocycles. The number of nitrogens with one attached hydrogen (secondary N) is 1. The number of imidazole rings is 1. The lowest BCUT2D eigenvalue weighted by molar-refractivity contribution is 0.0235. The van der Waals surface area contributed by atoms with Gasteiger partial charge in [0.1, 0.15) is 5.60 Å². The van der Waals surface area contributed by atoms with Crippen molar-refractivity contribution in [3.8, 4) is 6.07 Å². The quantitative estimate of drug-likeness (QED) is 0.629. The van der Waals surface area contributed by atoms with E-state index in [1.54, 1.807) is 0 Å². The average Bonchev–Trinajstić information content (AvgIpc) is 3.36. The molecule has 1 atom stereocenters. The first-order valence-corrected chi connectivity index (χ1v) is 11.0. The summed E-state index contributed by atoms with van der Waals surface area (Å²) in [6, 6.07) is 17.9. The van der Waals surface area contributed by atoms with Gasteiger partial charge in [0.25, 0.3) is 0 Å². The van der Waals surface area contributed by atoms with Crippen LogP contribution in [0.5, 0.6) is 0 Å². The van der Waals surface area contributed by atoms with Crippen LogP contribution in [0.25, 0.3) is 11.0 Å². The van der Waals surface area contributed by atoms with E-state index in [4.69, 9.17) is 15.0 Å². The van der Waals surface area contributed by atoms with Crippen molar-refractivity contribution in [2.24, 2.45) is 0 Å². The summed E-state index contributed by atoms with van der Waals surface area (Å²) in [7, 11) is 0. The number of anilines is 1. The first-order chi connectivity index (χ1) is 15.3. The molecule has 0 saturated carbocycles. The number of benzene rings is 2. The van der Waals surface area contributed by atoms with E-state index in [0.717, 1.165) is 35.4 Å². The van der Waals surface area contributed by atoms with E-state index in [9.17, 15) is 4.79 Å². The zero-order valence-electron chi connectivity index (χ0n) is 18.8. The molecule has 32 heavy (non-hydrogen) atoms. The Morgan fingerprint density at radius 1 is 1.22 bits per heavy atom. The molecule has 4 rings (SSSR count). The molecule has 1 aliphatic rings. The standard InChI is InChI=1S/C25H29N5O2/c1-25(2,3)32-24(31)29-14-6-7-20(29)16-27-23-28-21-8-4-5-9-22(21)30(23)17-19-12-10-18(15-26)11-13-19/h4-5,8-13,20H,6-7,14,16-17H2,1-3H3,(H,27,28)/t20-/m0/s1. The summed E-state index contributed by atoms with van der Waals surface area (Å²) >= 11 is 0. The lowest BCUT2D eigenvalue weighted by atomic mass is 10.1. The van der Waals surface area contributed by atoms with E-state index in [1.165, 1.54) is 0 Å². The Bertz CT molecular complexity index is 1140. The molecule has 0 aliphatic carbocycles. The van der Waals surface area contributed by atoms with Crippen molar-refractivity contribution in [2.45, 2.75) is 51.8 Å². The van der Waals surface area contributed by atoms with Gasteiger partial charge in [0, 0.05) is 13.1 Å².